The number of nitrogens with one attached hydrogen (secondary N) is 1. The highest BCUT2D eigenvalue weighted by atomic mass is 32.2. The van der Waals surface area contributed by atoms with Crippen LogP contribution in [0.15, 0.2) is 35.2 Å². The highest BCUT2D eigenvalue weighted by Crippen LogP contribution is 2.34. The molecule has 2 aliphatic rings. The Morgan fingerprint density at radius 3 is 2.67 bits per heavy atom. The maximum absolute atomic E-state index is 13.1. The van der Waals surface area contributed by atoms with Gasteiger partial charge in [0.15, 0.2) is 0 Å². The lowest BCUT2D eigenvalue weighted by atomic mass is 10.1. The van der Waals surface area contributed by atoms with Crippen LogP contribution in [0, 0.1) is 13.8 Å². The standard InChI is InChI=1S/C22H26N2O5S/c1-14-11-20(28-3)21(12-15(14)2)30(26,27)23-17-7-6-16-8-9-24(18(16)13-17)22(25)19-5-4-10-29-19/h6-7,11-13,19,23H,4-5,8-10H2,1-3H3/t19-/m0/s1. The summed E-state index contributed by atoms with van der Waals surface area (Å²) in [5.41, 5.74) is 3.97. The third-order valence-electron chi connectivity index (χ3n) is 5.77. The maximum Gasteiger partial charge on any atom is 0.265 e. The Labute approximate surface area is 177 Å². The van der Waals surface area contributed by atoms with Gasteiger partial charge in [0.2, 0.25) is 0 Å². The zero-order valence-electron chi connectivity index (χ0n) is 17.4. The summed E-state index contributed by atoms with van der Waals surface area (Å²) in [7, 11) is -2.42. The van der Waals surface area contributed by atoms with E-state index in [1.54, 1.807) is 29.2 Å². The largest absolute Gasteiger partial charge is 0.495 e. The number of methoxy groups -OCH3 is 1. The molecule has 0 saturated carbocycles. The molecule has 1 N–H and O–H groups in total. The van der Waals surface area contributed by atoms with E-state index in [0.717, 1.165) is 41.6 Å². The summed E-state index contributed by atoms with van der Waals surface area (Å²) in [6.45, 7) is 4.95. The SMILES string of the molecule is COc1cc(C)c(C)cc1S(=O)(=O)Nc1ccc2c(c1)N(C(=O)[C@@H]1CCCO1)CC2. The molecule has 2 aromatic carbocycles. The fraction of sp³-hybridized carbons (Fsp3) is 0.409. The smallest absolute Gasteiger partial charge is 0.265 e. The number of fused-ring (bicyclic) bond motifs is 1. The van der Waals surface area contributed by atoms with E-state index in [2.05, 4.69) is 4.72 Å². The van der Waals surface area contributed by atoms with Gasteiger partial charge in [-0.05, 0) is 74.1 Å². The Balaban J connectivity index is 1.63. The number of hydrogen-bond acceptors (Lipinski definition) is 5. The molecule has 1 amide bonds. The molecule has 0 unspecified atom stereocenters. The molecule has 30 heavy (non-hydrogen) atoms. The third-order valence-corrected chi connectivity index (χ3v) is 7.18. The molecule has 1 saturated heterocycles. The van der Waals surface area contributed by atoms with E-state index in [4.69, 9.17) is 9.47 Å². The van der Waals surface area contributed by atoms with Gasteiger partial charge in [0, 0.05) is 18.8 Å². The van der Waals surface area contributed by atoms with Crippen LogP contribution in [0.5, 0.6) is 5.75 Å². The second kappa shape index (κ2) is 7.92. The van der Waals surface area contributed by atoms with Gasteiger partial charge in [-0.15, -0.1) is 0 Å². The van der Waals surface area contributed by atoms with Crippen molar-refractivity contribution in [3.8, 4) is 5.75 Å². The van der Waals surface area contributed by atoms with E-state index < -0.39 is 16.1 Å². The molecule has 0 aliphatic carbocycles. The number of aryl methyl sites for hydroxylation is 2. The van der Waals surface area contributed by atoms with Crippen molar-refractivity contribution in [2.75, 3.05) is 29.9 Å². The number of rotatable bonds is 5. The van der Waals surface area contributed by atoms with Gasteiger partial charge in [-0.3, -0.25) is 9.52 Å². The maximum atomic E-state index is 13.1. The van der Waals surface area contributed by atoms with Crippen LogP contribution in [0.1, 0.15) is 29.5 Å². The van der Waals surface area contributed by atoms with Gasteiger partial charge in [0.1, 0.15) is 16.7 Å². The second-order valence-corrected chi connectivity index (χ2v) is 9.43. The topological polar surface area (TPSA) is 84.9 Å². The highest BCUT2D eigenvalue weighted by Gasteiger charge is 2.33. The van der Waals surface area contributed by atoms with Crippen LogP contribution in [0.2, 0.25) is 0 Å². The molecule has 160 valence electrons. The lowest BCUT2D eigenvalue weighted by molar-refractivity contribution is -0.127. The van der Waals surface area contributed by atoms with Crippen LogP contribution < -0.4 is 14.4 Å². The second-order valence-electron chi connectivity index (χ2n) is 7.78. The number of carbonyl (C=O) groups is 1. The van der Waals surface area contributed by atoms with Crippen molar-refractivity contribution in [1.29, 1.82) is 0 Å². The van der Waals surface area contributed by atoms with Gasteiger partial charge >= 0.3 is 0 Å². The van der Waals surface area contributed by atoms with Crippen LogP contribution in [0.3, 0.4) is 0 Å². The number of amides is 1. The average molecular weight is 431 g/mol. The van der Waals surface area contributed by atoms with Gasteiger partial charge in [0.25, 0.3) is 15.9 Å². The number of sulfonamides is 1. The minimum atomic E-state index is -3.87. The van der Waals surface area contributed by atoms with E-state index in [9.17, 15) is 13.2 Å². The zero-order chi connectivity index (χ0) is 21.5. The van der Waals surface area contributed by atoms with Crippen molar-refractivity contribution < 1.29 is 22.7 Å². The first-order valence-electron chi connectivity index (χ1n) is 10.0. The van der Waals surface area contributed by atoms with Crippen LogP contribution >= 0.6 is 0 Å². The quantitative estimate of drug-likeness (QED) is 0.788. The predicted molar refractivity (Wildman–Crippen MR) is 115 cm³/mol. The van der Waals surface area contributed by atoms with Crippen LogP contribution in [-0.2, 0) is 26.0 Å². The van der Waals surface area contributed by atoms with E-state index in [1.807, 2.05) is 19.9 Å². The van der Waals surface area contributed by atoms with Crippen molar-refractivity contribution in [1.82, 2.24) is 0 Å². The molecule has 1 fully saturated rings. The first kappa shape index (κ1) is 20.7. The van der Waals surface area contributed by atoms with Crippen molar-refractivity contribution in [3.05, 3.63) is 47.0 Å². The molecule has 7 nitrogen and oxygen atoms in total. The molecule has 0 aromatic heterocycles. The molecule has 0 spiro atoms. The summed E-state index contributed by atoms with van der Waals surface area (Å²) in [5.74, 6) is 0.240. The molecule has 8 heteroatoms. The minimum absolute atomic E-state index is 0.0536. The molecule has 2 heterocycles. The first-order chi connectivity index (χ1) is 14.3. The summed E-state index contributed by atoms with van der Waals surface area (Å²) in [4.78, 5) is 14.6. The summed E-state index contributed by atoms with van der Waals surface area (Å²) >= 11 is 0. The Kier molecular flexibility index (Phi) is 5.46. The normalized spacial score (nSPS) is 18.4. The zero-order valence-corrected chi connectivity index (χ0v) is 18.2. The summed E-state index contributed by atoms with van der Waals surface area (Å²) in [6.07, 6.45) is 1.94. The highest BCUT2D eigenvalue weighted by molar-refractivity contribution is 7.92. The number of benzene rings is 2. The van der Waals surface area contributed by atoms with Crippen LogP contribution in [0.25, 0.3) is 0 Å². The van der Waals surface area contributed by atoms with Gasteiger partial charge < -0.3 is 14.4 Å². The lowest BCUT2D eigenvalue weighted by Crippen LogP contribution is -2.37. The molecular weight excluding hydrogens is 404 g/mol. The summed E-state index contributed by atoms with van der Waals surface area (Å²) < 4.78 is 39.6. The lowest BCUT2D eigenvalue weighted by Gasteiger charge is -2.21. The van der Waals surface area contributed by atoms with Gasteiger partial charge in [-0.2, -0.15) is 0 Å². The van der Waals surface area contributed by atoms with Gasteiger partial charge in [-0.25, -0.2) is 8.42 Å². The van der Waals surface area contributed by atoms with Crippen molar-refractivity contribution in [2.45, 2.75) is 44.1 Å². The van der Waals surface area contributed by atoms with E-state index in [-0.39, 0.29) is 10.8 Å². The third kappa shape index (κ3) is 3.77. The molecular formula is C22H26N2O5S. The molecule has 2 aromatic rings. The van der Waals surface area contributed by atoms with Gasteiger partial charge in [-0.1, -0.05) is 6.07 Å². The van der Waals surface area contributed by atoms with E-state index in [1.165, 1.54) is 7.11 Å². The van der Waals surface area contributed by atoms with Crippen molar-refractivity contribution in [3.63, 3.8) is 0 Å². The Bertz CT molecular complexity index is 1090. The fourth-order valence-electron chi connectivity index (χ4n) is 3.96. The average Bonchev–Trinajstić information content (AvgIpc) is 3.38. The molecule has 0 bridgehead atoms. The Morgan fingerprint density at radius 1 is 1.20 bits per heavy atom. The number of nitrogens with zero attached hydrogens (tertiary/aromatic N) is 1. The van der Waals surface area contributed by atoms with Gasteiger partial charge in [0.05, 0.1) is 12.8 Å². The Morgan fingerprint density at radius 2 is 1.97 bits per heavy atom. The number of ether oxygens (including phenoxy) is 2. The predicted octanol–water partition coefficient (Wildman–Crippen LogP) is 3.18. The van der Waals surface area contributed by atoms with Crippen molar-refractivity contribution in [2.24, 2.45) is 0 Å². The van der Waals surface area contributed by atoms with E-state index >= 15 is 0 Å². The van der Waals surface area contributed by atoms with Crippen molar-refractivity contribution >= 4 is 27.3 Å². The van der Waals surface area contributed by atoms with Crippen LogP contribution in [-0.4, -0.2) is 40.7 Å². The molecule has 4 rings (SSSR count). The fourth-order valence-corrected chi connectivity index (χ4v) is 5.25. The summed E-state index contributed by atoms with van der Waals surface area (Å²) in [6, 6.07) is 8.64. The van der Waals surface area contributed by atoms with Crippen LogP contribution in [0.4, 0.5) is 11.4 Å². The number of hydrogen-bond donors (Lipinski definition) is 1. The Hall–Kier alpha value is -2.58. The number of carbonyl (C=O) groups excluding carboxylic acids is 1. The molecule has 2 aliphatic heterocycles. The van der Waals surface area contributed by atoms with E-state index in [0.29, 0.717) is 24.6 Å². The summed E-state index contributed by atoms with van der Waals surface area (Å²) in [5, 5.41) is 0. The molecule has 0 radical (unpaired) electrons. The minimum Gasteiger partial charge on any atom is -0.495 e. The monoisotopic (exact) mass is 430 g/mol. The first-order valence-corrected chi connectivity index (χ1v) is 11.5. The number of anilines is 2. The molecule has 1 atom stereocenters.